The van der Waals surface area contributed by atoms with E-state index in [9.17, 15) is 18.4 Å². The molecule has 1 heterocycles. The number of hydrogen-bond acceptors (Lipinski definition) is 4. The maximum Gasteiger partial charge on any atom is 0.319 e. The zero-order chi connectivity index (χ0) is 19.4. The van der Waals surface area contributed by atoms with Crippen LogP contribution in [0.1, 0.15) is 13.3 Å². The van der Waals surface area contributed by atoms with E-state index in [2.05, 4.69) is 20.9 Å². The molecular weight excluding hydrogens is 356 g/mol. The Morgan fingerprint density at radius 2 is 2.00 bits per heavy atom. The molecule has 0 aliphatic rings. The number of amides is 2. The molecule has 0 aliphatic carbocycles. The maximum atomic E-state index is 13.6. The fourth-order valence-corrected chi connectivity index (χ4v) is 2.56. The van der Waals surface area contributed by atoms with Crippen molar-refractivity contribution in [2.24, 2.45) is 0 Å². The Bertz CT molecular complexity index is 1040. The number of nitrogens with one attached hydrogen (secondary N) is 2. The van der Waals surface area contributed by atoms with Crippen molar-refractivity contribution in [3.8, 4) is 0 Å². The number of carbonyl (C=O) groups is 1. The van der Waals surface area contributed by atoms with Crippen molar-refractivity contribution in [2.45, 2.75) is 25.9 Å². The van der Waals surface area contributed by atoms with Gasteiger partial charge >= 0.3 is 6.03 Å². The number of anilines is 1. The monoisotopic (exact) mass is 373 g/mol. The van der Waals surface area contributed by atoms with Crippen LogP contribution in [0.25, 0.3) is 10.9 Å². The molecule has 0 bridgehead atoms. The molecule has 0 spiro atoms. The third-order valence-corrected chi connectivity index (χ3v) is 4.03. The summed E-state index contributed by atoms with van der Waals surface area (Å²) in [4.78, 5) is 24.6. The first-order valence-corrected chi connectivity index (χ1v) is 8.33. The van der Waals surface area contributed by atoms with Gasteiger partial charge in [0.15, 0.2) is 0 Å². The molecule has 7 nitrogen and oxygen atoms in total. The molecule has 0 saturated heterocycles. The van der Waals surface area contributed by atoms with E-state index in [4.69, 9.17) is 0 Å². The van der Waals surface area contributed by atoms with Gasteiger partial charge in [0, 0.05) is 6.07 Å². The summed E-state index contributed by atoms with van der Waals surface area (Å²) >= 11 is 0. The molecule has 0 aliphatic heterocycles. The number of rotatable bonds is 5. The van der Waals surface area contributed by atoms with Crippen molar-refractivity contribution in [3.63, 3.8) is 0 Å². The lowest BCUT2D eigenvalue weighted by Gasteiger charge is -2.18. The maximum absolute atomic E-state index is 13.6. The predicted molar refractivity (Wildman–Crippen MR) is 96.4 cm³/mol. The molecule has 27 heavy (non-hydrogen) atoms. The van der Waals surface area contributed by atoms with Gasteiger partial charge in [0.25, 0.3) is 5.56 Å². The van der Waals surface area contributed by atoms with Gasteiger partial charge < -0.3 is 10.6 Å². The third-order valence-electron chi connectivity index (χ3n) is 4.03. The number of halogens is 2. The van der Waals surface area contributed by atoms with Crippen LogP contribution in [0.4, 0.5) is 19.3 Å². The number of aromatic nitrogens is 3. The van der Waals surface area contributed by atoms with Crippen LogP contribution in [0.2, 0.25) is 0 Å². The second-order valence-electron chi connectivity index (χ2n) is 5.92. The molecule has 1 aromatic heterocycles. The van der Waals surface area contributed by atoms with Crippen molar-refractivity contribution >= 4 is 22.6 Å². The topological polar surface area (TPSA) is 88.9 Å². The zero-order valence-electron chi connectivity index (χ0n) is 14.4. The number of nitrogens with zero attached hydrogens (tertiary/aromatic N) is 3. The second kappa shape index (κ2) is 7.90. The van der Waals surface area contributed by atoms with Gasteiger partial charge in [0.1, 0.15) is 17.2 Å². The SMILES string of the molecule is CC[C@H](Cn1nnc2ccccc2c1=O)NC(=O)Nc1ccc(F)cc1F. The van der Waals surface area contributed by atoms with E-state index in [1.807, 2.05) is 6.92 Å². The highest BCUT2D eigenvalue weighted by Crippen LogP contribution is 2.14. The van der Waals surface area contributed by atoms with E-state index < -0.39 is 23.7 Å². The first-order chi connectivity index (χ1) is 13.0. The van der Waals surface area contributed by atoms with Crippen LogP contribution in [0, 0.1) is 11.6 Å². The lowest BCUT2D eigenvalue weighted by molar-refractivity contribution is 0.245. The summed E-state index contributed by atoms with van der Waals surface area (Å²) in [6.45, 7) is 1.93. The summed E-state index contributed by atoms with van der Waals surface area (Å²) in [7, 11) is 0. The molecule has 0 unspecified atom stereocenters. The average Bonchev–Trinajstić information content (AvgIpc) is 2.65. The fourth-order valence-electron chi connectivity index (χ4n) is 2.56. The summed E-state index contributed by atoms with van der Waals surface area (Å²) in [5, 5.41) is 13.3. The Labute approximate surface area is 153 Å². The lowest BCUT2D eigenvalue weighted by Crippen LogP contribution is -2.42. The minimum atomic E-state index is -0.880. The first kappa shape index (κ1) is 18.4. The fraction of sp³-hybridized carbons (Fsp3) is 0.222. The quantitative estimate of drug-likeness (QED) is 0.720. The van der Waals surface area contributed by atoms with Crippen molar-refractivity contribution in [1.29, 1.82) is 0 Å². The molecular formula is C18H17F2N5O2. The Morgan fingerprint density at radius 3 is 2.74 bits per heavy atom. The number of carbonyl (C=O) groups excluding carboxylic acids is 1. The summed E-state index contributed by atoms with van der Waals surface area (Å²) in [6.07, 6.45) is 0.500. The first-order valence-electron chi connectivity index (χ1n) is 8.33. The van der Waals surface area contributed by atoms with Gasteiger partial charge in [-0.05, 0) is 30.7 Å². The highest BCUT2D eigenvalue weighted by Gasteiger charge is 2.15. The summed E-state index contributed by atoms with van der Waals surface area (Å²) < 4.78 is 27.7. The second-order valence-corrected chi connectivity index (χ2v) is 5.92. The van der Waals surface area contributed by atoms with Crippen molar-refractivity contribution in [3.05, 3.63) is 64.5 Å². The average molecular weight is 373 g/mol. The molecule has 3 aromatic rings. The highest BCUT2D eigenvalue weighted by molar-refractivity contribution is 5.89. The largest absolute Gasteiger partial charge is 0.333 e. The predicted octanol–water partition coefficient (Wildman–Crippen LogP) is 2.67. The molecule has 0 fully saturated rings. The zero-order valence-corrected chi connectivity index (χ0v) is 14.4. The number of hydrogen-bond donors (Lipinski definition) is 2. The van der Waals surface area contributed by atoms with Gasteiger partial charge in [-0.3, -0.25) is 4.79 Å². The number of benzene rings is 2. The molecule has 0 saturated carbocycles. The van der Waals surface area contributed by atoms with Crippen LogP contribution in [-0.2, 0) is 6.54 Å². The van der Waals surface area contributed by atoms with E-state index in [0.717, 1.165) is 12.1 Å². The van der Waals surface area contributed by atoms with Gasteiger partial charge in [-0.25, -0.2) is 18.3 Å². The van der Waals surface area contributed by atoms with Crippen LogP contribution < -0.4 is 16.2 Å². The van der Waals surface area contributed by atoms with Gasteiger partial charge in [0.05, 0.1) is 23.7 Å². The lowest BCUT2D eigenvalue weighted by atomic mass is 10.2. The Kier molecular flexibility index (Phi) is 5.39. The van der Waals surface area contributed by atoms with Crippen LogP contribution in [0.5, 0.6) is 0 Å². The van der Waals surface area contributed by atoms with Crippen LogP contribution in [0.3, 0.4) is 0 Å². The van der Waals surface area contributed by atoms with Gasteiger partial charge in [-0.2, -0.15) is 0 Å². The minimum Gasteiger partial charge on any atom is -0.333 e. The highest BCUT2D eigenvalue weighted by atomic mass is 19.1. The van der Waals surface area contributed by atoms with Crippen LogP contribution in [-0.4, -0.2) is 27.1 Å². The van der Waals surface area contributed by atoms with E-state index in [0.29, 0.717) is 23.4 Å². The van der Waals surface area contributed by atoms with E-state index >= 15 is 0 Å². The van der Waals surface area contributed by atoms with E-state index in [-0.39, 0.29) is 17.8 Å². The molecule has 2 amide bonds. The van der Waals surface area contributed by atoms with Crippen molar-refractivity contribution in [2.75, 3.05) is 5.32 Å². The molecule has 1 atom stereocenters. The minimum absolute atomic E-state index is 0.104. The standard InChI is InChI=1S/C18H17F2N5O2/c1-2-12(21-18(27)22-16-8-7-11(19)9-14(16)20)10-25-17(26)13-5-3-4-6-15(13)23-24-25/h3-9,12H,2,10H2,1H3,(H2,21,22,27)/t12-/m1/s1. The summed E-state index contributed by atoms with van der Waals surface area (Å²) in [5.41, 5.74) is 0.0292. The molecule has 0 radical (unpaired) electrons. The Morgan fingerprint density at radius 1 is 1.22 bits per heavy atom. The molecule has 9 heteroatoms. The van der Waals surface area contributed by atoms with Crippen molar-refractivity contribution < 1.29 is 13.6 Å². The smallest absolute Gasteiger partial charge is 0.319 e. The van der Waals surface area contributed by atoms with Gasteiger partial charge in [0.2, 0.25) is 0 Å². The Hall–Kier alpha value is -3.36. The van der Waals surface area contributed by atoms with E-state index in [1.165, 1.54) is 4.68 Å². The number of fused-ring (bicyclic) bond motifs is 1. The molecule has 2 N–H and O–H groups in total. The molecule has 140 valence electrons. The summed E-state index contributed by atoms with van der Waals surface area (Å²) in [5.74, 6) is -1.62. The normalized spacial score (nSPS) is 12.0. The summed E-state index contributed by atoms with van der Waals surface area (Å²) in [6, 6.07) is 8.57. The Balaban J connectivity index is 1.71. The van der Waals surface area contributed by atoms with Crippen LogP contribution in [0.15, 0.2) is 47.3 Å². The van der Waals surface area contributed by atoms with Crippen LogP contribution >= 0.6 is 0 Å². The third kappa shape index (κ3) is 4.25. The van der Waals surface area contributed by atoms with Crippen molar-refractivity contribution in [1.82, 2.24) is 20.3 Å². The number of urea groups is 1. The molecule has 2 aromatic carbocycles. The van der Waals surface area contributed by atoms with Gasteiger partial charge in [-0.1, -0.05) is 24.3 Å². The van der Waals surface area contributed by atoms with Gasteiger partial charge in [-0.15, -0.1) is 5.10 Å². The van der Waals surface area contributed by atoms with E-state index in [1.54, 1.807) is 24.3 Å². The molecule has 3 rings (SSSR count).